The Bertz CT molecular complexity index is 773. The summed E-state index contributed by atoms with van der Waals surface area (Å²) in [5.41, 5.74) is 0.658. The highest BCUT2D eigenvalue weighted by Gasteiger charge is 2.42. The van der Waals surface area contributed by atoms with Crippen LogP contribution < -0.4 is 9.47 Å². The van der Waals surface area contributed by atoms with Gasteiger partial charge in [0.1, 0.15) is 17.2 Å². The number of nitrogens with zero attached hydrogens (tertiary/aromatic N) is 1. The second-order valence-corrected chi connectivity index (χ2v) is 7.57. The molecule has 4 rings (SSSR count). The maximum absolute atomic E-state index is 12.4. The summed E-state index contributed by atoms with van der Waals surface area (Å²) in [6.45, 7) is 2.36. The third-order valence-electron chi connectivity index (χ3n) is 5.70. The lowest BCUT2D eigenvalue weighted by Gasteiger charge is -2.19. The summed E-state index contributed by atoms with van der Waals surface area (Å²) in [6.07, 6.45) is 2.34. The van der Waals surface area contributed by atoms with E-state index in [2.05, 4.69) is 4.90 Å². The van der Waals surface area contributed by atoms with Crippen molar-refractivity contribution in [2.24, 2.45) is 11.8 Å². The van der Waals surface area contributed by atoms with Crippen LogP contribution in [0.3, 0.4) is 0 Å². The van der Waals surface area contributed by atoms with Gasteiger partial charge in [0.15, 0.2) is 5.78 Å². The maximum atomic E-state index is 12.4. The third-order valence-corrected chi connectivity index (χ3v) is 5.70. The summed E-state index contributed by atoms with van der Waals surface area (Å²) < 4.78 is 11.3. The van der Waals surface area contributed by atoms with Gasteiger partial charge in [-0.05, 0) is 73.2 Å². The molecule has 2 aromatic rings. The van der Waals surface area contributed by atoms with Gasteiger partial charge in [0.05, 0.1) is 19.8 Å². The monoisotopic (exact) mass is 367 g/mol. The van der Waals surface area contributed by atoms with E-state index in [0.29, 0.717) is 23.9 Å². The van der Waals surface area contributed by atoms with E-state index in [1.807, 2.05) is 24.3 Å². The maximum Gasteiger partial charge on any atom is 0.176 e. The third kappa shape index (κ3) is 4.08. The molecule has 2 unspecified atom stereocenters. The number of benzene rings is 2. The van der Waals surface area contributed by atoms with Crippen molar-refractivity contribution in [2.75, 3.05) is 26.7 Å². The van der Waals surface area contributed by atoms with Crippen molar-refractivity contribution < 1.29 is 19.4 Å². The number of hydrogen-bond donors (Lipinski definition) is 1. The van der Waals surface area contributed by atoms with E-state index >= 15 is 0 Å². The summed E-state index contributed by atoms with van der Waals surface area (Å²) in [5.74, 6) is 3.22. The summed E-state index contributed by atoms with van der Waals surface area (Å²) in [5, 5.41) is 9.35. The zero-order valence-corrected chi connectivity index (χ0v) is 15.5. The Morgan fingerprint density at radius 3 is 2.19 bits per heavy atom. The topological polar surface area (TPSA) is 59.0 Å². The Morgan fingerprint density at radius 2 is 1.59 bits per heavy atom. The van der Waals surface area contributed by atoms with Gasteiger partial charge in [0.2, 0.25) is 0 Å². The number of phenols is 1. The average Bonchev–Trinajstić information content (AvgIpc) is 3.20. The largest absolute Gasteiger partial charge is 0.508 e. The Kier molecular flexibility index (Phi) is 5.03. The van der Waals surface area contributed by atoms with E-state index in [0.717, 1.165) is 37.4 Å². The SMILES string of the molecule is COc1ccc(OC2CC3CN(CC(=O)c4ccc(O)cc4)C[C@H]3C2)cc1. The van der Waals surface area contributed by atoms with Gasteiger partial charge in [-0.25, -0.2) is 0 Å². The molecule has 1 heterocycles. The molecule has 142 valence electrons. The van der Waals surface area contributed by atoms with Crippen LogP contribution in [-0.4, -0.2) is 48.6 Å². The second-order valence-electron chi connectivity index (χ2n) is 7.57. The molecular formula is C22H25NO4. The quantitative estimate of drug-likeness (QED) is 0.794. The Morgan fingerprint density at radius 1 is 1.00 bits per heavy atom. The van der Waals surface area contributed by atoms with Gasteiger partial charge < -0.3 is 14.6 Å². The molecule has 2 fully saturated rings. The van der Waals surface area contributed by atoms with Crippen LogP contribution in [0, 0.1) is 11.8 Å². The van der Waals surface area contributed by atoms with Crippen molar-refractivity contribution in [2.45, 2.75) is 18.9 Å². The minimum atomic E-state index is 0.112. The normalized spacial score (nSPS) is 24.6. The second kappa shape index (κ2) is 7.61. The van der Waals surface area contributed by atoms with Crippen molar-refractivity contribution in [3.05, 3.63) is 54.1 Å². The van der Waals surface area contributed by atoms with E-state index in [1.165, 1.54) is 0 Å². The lowest BCUT2D eigenvalue weighted by Crippen LogP contribution is -2.30. The Balaban J connectivity index is 1.27. The highest BCUT2D eigenvalue weighted by molar-refractivity contribution is 5.97. The summed E-state index contributed by atoms with van der Waals surface area (Å²) >= 11 is 0. The molecule has 2 aromatic carbocycles. The fraction of sp³-hybridized carbons (Fsp3) is 0.409. The predicted octanol–water partition coefficient (Wildman–Crippen LogP) is 3.37. The first-order valence-electron chi connectivity index (χ1n) is 9.46. The number of Topliss-reactive ketones (excluding diaryl/α,β-unsaturated/α-hetero) is 1. The van der Waals surface area contributed by atoms with Gasteiger partial charge in [-0.2, -0.15) is 0 Å². The average molecular weight is 367 g/mol. The molecule has 5 nitrogen and oxygen atoms in total. The number of hydrogen-bond acceptors (Lipinski definition) is 5. The van der Waals surface area contributed by atoms with Crippen LogP contribution in [-0.2, 0) is 0 Å². The minimum absolute atomic E-state index is 0.112. The summed E-state index contributed by atoms with van der Waals surface area (Å²) in [6, 6.07) is 14.2. The number of fused-ring (bicyclic) bond motifs is 1. The molecule has 1 aliphatic heterocycles. The molecular weight excluding hydrogens is 342 g/mol. The molecule has 1 N–H and O–H groups in total. The molecule has 0 bridgehead atoms. The number of aromatic hydroxyl groups is 1. The fourth-order valence-electron chi connectivity index (χ4n) is 4.36. The van der Waals surface area contributed by atoms with E-state index in [4.69, 9.17) is 9.47 Å². The van der Waals surface area contributed by atoms with Crippen LogP contribution in [0.15, 0.2) is 48.5 Å². The first-order chi connectivity index (χ1) is 13.1. The van der Waals surface area contributed by atoms with Crippen LogP contribution in [0.5, 0.6) is 17.2 Å². The zero-order valence-electron chi connectivity index (χ0n) is 15.5. The molecule has 1 saturated carbocycles. The minimum Gasteiger partial charge on any atom is -0.508 e. The Hall–Kier alpha value is -2.53. The van der Waals surface area contributed by atoms with Crippen LogP contribution >= 0.6 is 0 Å². The highest BCUT2D eigenvalue weighted by atomic mass is 16.5. The summed E-state index contributed by atoms with van der Waals surface area (Å²) in [4.78, 5) is 14.7. The molecule has 5 heteroatoms. The van der Waals surface area contributed by atoms with E-state index in [-0.39, 0.29) is 17.6 Å². The van der Waals surface area contributed by atoms with Crippen molar-refractivity contribution in [1.82, 2.24) is 4.90 Å². The molecule has 0 spiro atoms. The molecule has 1 aliphatic carbocycles. The number of rotatable bonds is 6. The lowest BCUT2D eigenvalue weighted by molar-refractivity contribution is 0.0936. The molecule has 0 amide bonds. The van der Waals surface area contributed by atoms with E-state index < -0.39 is 0 Å². The van der Waals surface area contributed by atoms with Crippen molar-refractivity contribution in [3.63, 3.8) is 0 Å². The number of carbonyl (C=O) groups excluding carboxylic acids is 1. The zero-order chi connectivity index (χ0) is 18.8. The Labute approximate surface area is 159 Å². The molecule has 2 aliphatic rings. The smallest absolute Gasteiger partial charge is 0.176 e. The summed E-state index contributed by atoms with van der Waals surface area (Å²) in [7, 11) is 1.66. The van der Waals surface area contributed by atoms with Gasteiger partial charge in [-0.1, -0.05) is 0 Å². The van der Waals surface area contributed by atoms with E-state index in [1.54, 1.807) is 31.4 Å². The van der Waals surface area contributed by atoms with Crippen LogP contribution in [0.1, 0.15) is 23.2 Å². The van der Waals surface area contributed by atoms with Crippen LogP contribution in [0.4, 0.5) is 0 Å². The number of carbonyl (C=O) groups is 1. The number of ketones is 1. The molecule has 0 aromatic heterocycles. The van der Waals surface area contributed by atoms with Crippen molar-refractivity contribution in [1.29, 1.82) is 0 Å². The first kappa shape index (κ1) is 17.9. The standard InChI is InChI=1S/C22H25NO4/c1-26-19-6-8-20(9-7-19)27-21-10-16-12-23(13-17(16)11-21)14-22(25)15-2-4-18(24)5-3-15/h2-9,16-17,21,24H,10-14H2,1H3/t16-,17?,21?/m1/s1. The van der Waals surface area contributed by atoms with Gasteiger partial charge in [-0.3, -0.25) is 9.69 Å². The lowest BCUT2D eigenvalue weighted by atomic mass is 10.0. The van der Waals surface area contributed by atoms with Crippen molar-refractivity contribution >= 4 is 5.78 Å². The van der Waals surface area contributed by atoms with Crippen molar-refractivity contribution in [3.8, 4) is 17.2 Å². The molecule has 0 radical (unpaired) electrons. The van der Waals surface area contributed by atoms with Gasteiger partial charge in [-0.15, -0.1) is 0 Å². The molecule has 1 saturated heterocycles. The fourth-order valence-corrected chi connectivity index (χ4v) is 4.36. The van der Waals surface area contributed by atoms with Gasteiger partial charge >= 0.3 is 0 Å². The molecule has 3 atom stereocenters. The van der Waals surface area contributed by atoms with Crippen LogP contribution in [0.2, 0.25) is 0 Å². The highest BCUT2D eigenvalue weighted by Crippen LogP contribution is 2.39. The number of likely N-dealkylation sites (tertiary alicyclic amines) is 1. The van der Waals surface area contributed by atoms with Gasteiger partial charge in [0.25, 0.3) is 0 Å². The first-order valence-corrected chi connectivity index (χ1v) is 9.46. The predicted molar refractivity (Wildman–Crippen MR) is 103 cm³/mol. The van der Waals surface area contributed by atoms with E-state index in [9.17, 15) is 9.90 Å². The van der Waals surface area contributed by atoms with Gasteiger partial charge in [0, 0.05) is 18.7 Å². The number of ether oxygens (including phenoxy) is 2. The number of phenolic OH excluding ortho intramolecular Hbond substituents is 1. The van der Waals surface area contributed by atoms with Crippen LogP contribution in [0.25, 0.3) is 0 Å². The number of methoxy groups -OCH3 is 1. The molecule has 27 heavy (non-hydrogen) atoms.